The van der Waals surface area contributed by atoms with Crippen LogP contribution in [0.5, 0.6) is 0 Å². The molecule has 2 aliphatic rings. The van der Waals surface area contributed by atoms with Crippen LogP contribution in [0.4, 0.5) is 0 Å². The molecule has 0 aromatic rings. The molecule has 15 heavy (non-hydrogen) atoms. The fourth-order valence-corrected chi connectivity index (χ4v) is 2.30. The molecule has 2 fully saturated rings. The topological polar surface area (TPSA) is 30.5 Å². The minimum Gasteiger partial charge on any atom is -0.349 e. The van der Waals surface area contributed by atoms with Crippen LogP contribution in [0, 0.1) is 11.3 Å². The van der Waals surface area contributed by atoms with Gasteiger partial charge in [0.15, 0.2) is 5.79 Å². The van der Waals surface area contributed by atoms with Gasteiger partial charge in [0.1, 0.15) is 0 Å². The molecule has 3 heteroatoms. The lowest BCUT2D eigenvalue weighted by molar-refractivity contribution is -0.314. The van der Waals surface area contributed by atoms with Crippen molar-refractivity contribution in [3.8, 4) is 0 Å². The lowest BCUT2D eigenvalue weighted by atomic mass is 9.88. The van der Waals surface area contributed by atoms with Crippen molar-refractivity contribution in [2.75, 3.05) is 26.3 Å². The maximum absolute atomic E-state index is 5.96. The third kappa shape index (κ3) is 2.52. The summed E-state index contributed by atoms with van der Waals surface area (Å²) < 4.78 is 11.9. The summed E-state index contributed by atoms with van der Waals surface area (Å²) in [5.41, 5.74) is 0.168. The molecular formula is C12H23NO2. The molecule has 0 saturated carbocycles. The summed E-state index contributed by atoms with van der Waals surface area (Å²) in [6.07, 6.45) is 2.44. The Morgan fingerprint density at radius 1 is 1.13 bits per heavy atom. The first-order valence-corrected chi connectivity index (χ1v) is 6.00. The van der Waals surface area contributed by atoms with Crippen LogP contribution in [0.1, 0.15) is 33.6 Å². The average molecular weight is 213 g/mol. The van der Waals surface area contributed by atoms with Gasteiger partial charge in [-0.25, -0.2) is 0 Å². The van der Waals surface area contributed by atoms with E-state index in [9.17, 15) is 0 Å². The van der Waals surface area contributed by atoms with Gasteiger partial charge in [-0.05, 0) is 26.3 Å². The summed E-state index contributed by atoms with van der Waals surface area (Å²) in [6, 6.07) is 0. The standard InChI is InChI=1S/C12H23NO2/c1-11(2)8-14-12(3,15-9-11)10-5-4-6-13-7-10/h10,13H,4-9H2,1-3H3. The molecular weight excluding hydrogens is 190 g/mol. The Morgan fingerprint density at radius 3 is 2.33 bits per heavy atom. The Hall–Kier alpha value is -0.120. The molecule has 0 bridgehead atoms. The van der Waals surface area contributed by atoms with Crippen LogP contribution in [0.15, 0.2) is 0 Å². The van der Waals surface area contributed by atoms with Gasteiger partial charge in [0.25, 0.3) is 0 Å². The van der Waals surface area contributed by atoms with Crippen LogP contribution in [0.2, 0.25) is 0 Å². The first-order valence-electron chi connectivity index (χ1n) is 6.00. The molecule has 0 aromatic heterocycles. The number of hydrogen-bond acceptors (Lipinski definition) is 3. The van der Waals surface area contributed by atoms with Crippen molar-refractivity contribution in [1.29, 1.82) is 0 Å². The van der Waals surface area contributed by atoms with Crippen molar-refractivity contribution < 1.29 is 9.47 Å². The zero-order chi connectivity index (χ0) is 10.9. The largest absolute Gasteiger partial charge is 0.349 e. The van der Waals surface area contributed by atoms with Crippen LogP contribution >= 0.6 is 0 Å². The normalized spacial score (nSPS) is 35.0. The van der Waals surface area contributed by atoms with E-state index in [1.165, 1.54) is 12.8 Å². The van der Waals surface area contributed by atoms with Gasteiger partial charge in [0.2, 0.25) is 0 Å². The van der Waals surface area contributed by atoms with Gasteiger partial charge in [-0.2, -0.15) is 0 Å². The number of nitrogens with one attached hydrogen (secondary N) is 1. The third-order valence-corrected chi connectivity index (χ3v) is 3.54. The van der Waals surface area contributed by atoms with Crippen LogP contribution in [-0.4, -0.2) is 32.1 Å². The highest BCUT2D eigenvalue weighted by atomic mass is 16.7. The molecule has 2 heterocycles. The van der Waals surface area contributed by atoms with Gasteiger partial charge in [0.05, 0.1) is 13.2 Å². The highest BCUT2D eigenvalue weighted by Gasteiger charge is 2.42. The Bertz CT molecular complexity index is 212. The fourth-order valence-electron chi connectivity index (χ4n) is 2.30. The Labute approximate surface area is 92.5 Å². The average Bonchev–Trinajstić information content (AvgIpc) is 2.24. The van der Waals surface area contributed by atoms with E-state index < -0.39 is 0 Å². The second-order valence-corrected chi connectivity index (χ2v) is 5.80. The van der Waals surface area contributed by atoms with E-state index in [1.807, 2.05) is 0 Å². The zero-order valence-electron chi connectivity index (χ0n) is 10.1. The Morgan fingerprint density at radius 2 is 1.80 bits per heavy atom. The quantitative estimate of drug-likeness (QED) is 0.720. The predicted molar refractivity (Wildman–Crippen MR) is 59.7 cm³/mol. The predicted octanol–water partition coefficient (Wildman–Crippen LogP) is 1.78. The first-order chi connectivity index (χ1) is 7.02. The van der Waals surface area contributed by atoms with Gasteiger partial charge in [-0.3, -0.25) is 0 Å². The van der Waals surface area contributed by atoms with Gasteiger partial charge >= 0.3 is 0 Å². The number of ether oxygens (including phenoxy) is 2. The molecule has 0 aliphatic carbocycles. The maximum atomic E-state index is 5.96. The number of piperidine rings is 1. The highest BCUT2D eigenvalue weighted by molar-refractivity contribution is 4.85. The van der Waals surface area contributed by atoms with Gasteiger partial charge in [0, 0.05) is 17.9 Å². The molecule has 1 unspecified atom stereocenters. The third-order valence-electron chi connectivity index (χ3n) is 3.54. The van der Waals surface area contributed by atoms with E-state index in [2.05, 4.69) is 26.1 Å². The second-order valence-electron chi connectivity index (χ2n) is 5.80. The summed E-state index contributed by atoms with van der Waals surface area (Å²) in [4.78, 5) is 0. The Kier molecular flexibility index (Phi) is 3.06. The zero-order valence-corrected chi connectivity index (χ0v) is 10.1. The molecule has 3 nitrogen and oxygen atoms in total. The minimum absolute atomic E-state index is 0.168. The van der Waals surface area contributed by atoms with Crippen molar-refractivity contribution in [3.05, 3.63) is 0 Å². The summed E-state index contributed by atoms with van der Waals surface area (Å²) in [7, 11) is 0. The molecule has 1 N–H and O–H groups in total. The molecule has 0 amide bonds. The van der Waals surface area contributed by atoms with Crippen LogP contribution in [0.25, 0.3) is 0 Å². The summed E-state index contributed by atoms with van der Waals surface area (Å²) in [6.45, 7) is 10.2. The van der Waals surface area contributed by atoms with Gasteiger partial charge in [-0.15, -0.1) is 0 Å². The highest BCUT2D eigenvalue weighted by Crippen LogP contribution is 2.36. The van der Waals surface area contributed by atoms with Crippen LogP contribution in [0.3, 0.4) is 0 Å². The number of rotatable bonds is 1. The molecule has 0 spiro atoms. The lowest BCUT2D eigenvalue weighted by Gasteiger charge is -2.46. The smallest absolute Gasteiger partial charge is 0.169 e. The van der Waals surface area contributed by atoms with Crippen molar-refractivity contribution in [2.24, 2.45) is 11.3 Å². The van der Waals surface area contributed by atoms with Crippen molar-refractivity contribution in [2.45, 2.75) is 39.4 Å². The summed E-state index contributed by atoms with van der Waals surface area (Å²) in [5, 5.41) is 3.42. The van der Waals surface area contributed by atoms with E-state index in [4.69, 9.17) is 9.47 Å². The Balaban J connectivity index is 1.95. The second kappa shape index (κ2) is 4.04. The minimum atomic E-state index is -0.358. The van der Waals surface area contributed by atoms with E-state index in [0.717, 1.165) is 26.3 Å². The first kappa shape index (κ1) is 11.4. The van der Waals surface area contributed by atoms with E-state index in [0.29, 0.717) is 5.92 Å². The van der Waals surface area contributed by atoms with Crippen LogP contribution < -0.4 is 5.32 Å². The maximum Gasteiger partial charge on any atom is 0.169 e. The SMILES string of the molecule is CC1(C)COC(C)(C2CCCNC2)OC1. The molecule has 0 aromatic carbocycles. The molecule has 1 atom stereocenters. The molecule has 2 rings (SSSR count). The van der Waals surface area contributed by atoms with Crippen LogP contribution in [-0.2, 0) is 9.47 Å². The van der Waals surface area contributed by atoms with Crippen molar-refractivity contribution in [1.82, 2.24) is 5.32 Å². The molecule has 2 aliphatic heterocycles. The van der Waals surface area contributed by atoms with Gasteiger partial charge < -0.3 is 14.8 Å². The monoisotopic (exact) mass is 213 g/mol. The summed E-state index contributed by atoms with van der Waals surface area (Å²) in [5.74, 6) is 0.144. The van der Waals surface area contributed by atoms with Gasteiger partial charge in [-0.1, -0.05) is 13.8 Å². The lowest BCUT2D eigenvalue weighted by Crippen LogP contribution is -2.53. The van der Waals surface area contributed by atoms with E-state index >= 15 is 0 Å². The fraction of sp³-hybridized carbons (Fsp3) is 1.00. The summed E-state index contributed by atoms with van der Waals surface area (Å²) >= 11 is 0. The van der Waals surface area contributed by atoms with Crippen molar-refractivity contribution >= 4 is 0 Å². The van der Waals surface area contributed by atoms with Crippen molar-refractivity contribution in [3.63, 3.8) is 0 Å². The molecule has 2 saturated heterocycles. The molecule has 0 radical (unpaired) electrons. The number of hydrogen-bond donors (Lipinski definition) is 1. The van der Waals surface area contributed by atoms with E-state index in [-0.39, 0.29) is 11.2 Å². The molecule has 88 valence electrons. The van der Waals surface area contributed by atoms with E-state index in [1.54, 1.807) is 0 Å².